The fourth-order valence-corrected chi connectivity index (χ4v) is 4.67. The molecule has 1 aliphatic heterocycles. The number of anilines is 1. The van der Waals surface area contributed by atoms with Crippen LogP contribution in [0.5, 0.6) is 0 Å². The second-order valence-electron chi connectivity index (χ2n) is 7.47. The first-order valence-corrected chi connectivity index (χ1v) is 10.1. The highest BCUT2D eigenvalue weighted by molar-refractivity contribution is 7.13. The van der Waals surface area contributed by atoms with Crippen molar-refractivity contribution in [1.29, 1.82) is 0 Å². The van der Waals surface area contributed by atoms with E-state index in [1.807, 2.05) is 28.5 Å². The molecule has 2 aliphatic rings. The Bertz CT molecular complexity index is 1010. The summed E-state index contributed by atoms with van der Waals surface area (Å²) in [6.07, 6.45) is 3.15. The van der Waals surface area contributed by atoms with Crippen LogP contribution in [0.25, 0.3) is 10.6 Å². The van der Waals surface area contributed by atoms with E-state index in [0.29, 0.717) is 11.5 Å². The maximum absolute atomic E-state index is 13.6. The molecule has 1 saturated carbocycles. The number of thiophene rings is 1. The number of hydrogen-bond acceptors (Lipinski definition) is 4. The highest BCUT2D eigenvalue weighted by Gasteiger charge is 2.56. The smallest absolute Gasteiger partial charge is 0.239 e. The van der Waals surface area contributed by atoms with Gasteiger partial charge >= 0.3 is 0 Å². The van der Waals surface area contributed by atoms with Crippen molar-refractivity contribution in [1.82, 2.24) is 5.16 Å². The molecule has 1 amide bonds. The van der Waals surface area contributed by atoms with E-state index < -0.39 is 5.41 Å². The predicted molar refractivity (Wildman–Crippen MR) is 102 cm³/mol. The van der Waals surface area contributed by atoms with Crippen LogP contribution in [0, 0.1) is 5.82 Å². The van der Waals surface area contributed by atoms with Gasteiger partial charge in [0, 0.05) is 17.8 Å². The number of aromatic nitrogens is 1. The maximum Gasteiger partial charge on any atom is 0.239 e. The van der Waals surface area contributed by atoms with E-state index in [4.69, 9.17) is 4.52 Å². The summed E-state index contributed by atoms with van der Waals surface area (Å²) < 4.78 is 19.2. The summed E-state index contributed by atoms with van der Waals surface area (Å²) in [6, 6.07) is 10.6. The number of fused-ring (bicyclic) bond motifs is 1. The van der Waals surface area contributed by atoms with E-state index in [9.17, 15) is 9.18 Å². The summed E-state index contributed by atoms with van der Waals surface area (Å²) in [5.41, 5.74) is 1.82. The van der Waals surface area contributed by atoms with Crippen LogP contribution in [0.3, 0.4) is 0 Å². The van der Waals surface area contributed by atoms with Crippen molar-refractivity contribution in [3.63, 3.8) is 0 Å². The first-order valence-electron chi connectivity index (χ1n) is 9.22. The molecule has 6 heteroatoms. The molecule has 0 radical (unpaired) electrons. The Morgan fingerprint density at radius 3 is 2.93 bits per heavy atom. The average molecular weight is 382 g/mol. The lowest BCUT2D eigenvalue weighted by atomic mass is 9.92. The van der Waals surface area contributed by atoms with Crippen molar-refractivity contribution in [2.75, 3.05) is 4.90 Å². The summed E-state index contributed by atoms with van der Waals surface area (Å²) in [7, 11) is 0. The zero-order chi connectivity index (χ0) is 18.6. The summed E-state index contributed by atoms with van der Waals surface area (Å²) >= 11 is 1.58. The Morgan fingerprint density at radius 1 is 1.33 bits per heavy atom. The van der Waals surface area contributed by atoms with Gasteiger partial charge in [-0.15, -0.1) is 11.3 Å². The zero-order valence-corrected chi connectivity index (χ0v) is 15.8. The molecular weight excluding hydrogens is 363 g/mol. The molecule has 5 rings (SSSR count). The molecule has 0 N–H and O–H groups in total. The Hall–Kier alpha value is -2.47. The highest BCUT2D eigenvalue weighted by atomic mass is 32.1. The van der Waals surface area contributed by atoms with E-state index in [0.717, 1.165) is 41.8 Å². The molecule has 1 aromatic carbocycles. The summed E-state index contributed by atoms with van der Waals surface area (Å²) in [6.45, 7) is 2.06. The Balaban J connectivity index is 1.51. The standard InChI is InChI=1S/C21H19FN2O2S/c1-13-4-5-14-11-15(22)6-7-16(14)24(13)20(25)21(8-9-21)19-12-17(26-23-19)18-3-2-10-27-18/h2-3,6-7,10-13H,4-5,8-9H2,1H3. The van der Waals surface area contributed by atoms with Gasteiger partial charge in [0.15, 0.2) is 5.76 Å². The van der Waals surface area contributed by atoms with Gasteiger partial charge < -0.3 is 9.42 Å². The number of nitrogens with zero attached hydrogens (tertiary/aromatic N) is 2. The van der Waals surface area contributed by atoms with Gasteiger partial charge in [-0.3, -0.25) is 4.79 Å². The number of halogens is 1. The number of amides is 1. The van der Waals surface area contributed by atoms with E-state index in [1.54, 1.807) is 23.5 Å². The van der Waals surface area contributed by atoms with Gasteiger partial charge in [0.1, 0.15) is 5.82 Å². The fourth-order valence-electron chi connectivity index (χ4n) is 4.00. The fraction of sp³-hybridized carbons (Fsp3) is 0.333. The lowest BCUT2D eigenvalue weighted by molar-refractivity contribution is -0.121. The molecule has 1 atom stereocenters. The lowest BCUT2D eigenvalue weighted by Crippen LogP contribution is -2.47. The van der Waals surface area contributed by atoms with Crippen molar-refractivity contribution in [3.05, 3.63) is 58.9 Å². The van der Waals surface area contributed by atoms with E-state index in [-0.39, 0.29) is 17.8 Å². The third-order valence-corrected chi connectivity index (χ3v) is 6.60. The van der Waals surface area contributed by atoms with Crippen molar-refractivity contribution in [2.45, 2.75) is 44.1 Å². The zero-order valence-electron chi connectivity index (χ0n) is 14.9. The second-order valence-corrected chi connectivity index (χ2v) is 8.42. The van der Waals surface area contributed by atoms with Crippen molar-refractivity contribution >= 4 is 22.9 Å². The monoisotopic (exact) mass is 382 g/mol. The molecule has 1 aliphatic carbocycles. The van der Waals surface area contributed by atoms with Gasteiger partial charge in [0.25, 0.3) is 0 Å². The minimum absolute atomic E-state index is 0.0496. The summed E-state index contributed by atoms with van der Waals surface area (Å²) in [5.74, 6) is 0.496. The number of benzene rings is 1. The van der Waals surface area contributed by atoms with Crippen LogP contribution in [-0.4, -0.2) is 17.1 Å². The molecule has 4 nitrogen and oxygen atoms in total. The van der Waals surface area contributed by atoms with Crippen LogP contribution < -0.4 is 4.90 Å². The van der Waals surface area contributed by atoms with Crippen LogP contribution in [-0.2, 0) is 16.6 Å². The second kappa shape index (κ2) is 6.02. The van der Waals surface area contributed by atoms with Gasteiger partial charge in [-0.2, -0.15) is 0 Å². The minimum Gasteiger partial charge on any atom is -0.355 e. The molecule has 138 valence electrons. The Labute approximate surface area is 160 Å². The van der Waals surface area contributed by atoms with Crippen molar-refractivity contribution in [3.8, 4) is 10.6 Å². The van der Waals surface area contributed by atoms with E-state index in [1.165, 1.54) is 6.07 Å². The molecule has 1 fully saturated rings. The number of rotatable bonds is 3. The van der Waals surface area contributed by atoms with Crippen LogP contribution >= 0.6 is 11.3 Å². The molecule has 2 aromatic heterocycles. The molecule has 0 saturated heterocycles. The minimum atomic E-state index is -0.615. The third kappa shape index (κ3) is 2.62. The first-order chi connectivity index (χ1) is 13.1. The predicted octanol–water partition coefficient (Wildman–Crippen LogP) is 4.94. The molecule has 3 aromatic rings. The van der Waals surface area contributed by atoms with E-state index in [2.05, 4.69) is 12.1 Å². The largest absolute Gasteiger partial charge is 0.355 e. The maximum atomic E-state index is 13.6. The highest BCUT2D eigenvalue weighted by Crippen LogP contribution is 2.51. The van der Waals surface area contributed by atoms with Gasteiger partial charge in [0.2, 0.25) is 5.91 Å². The molecule has 3 heterocycles. The van der Waals surface area contributed by atoms with Gasteiger partial charge in [-0.25, -0.2) is 4.39 Å². The molecule has 0 bridgehead atoms. The quantitative estimate of drug-likeness (QED) is 0.644. The molecule has 27 heavy (non-hydrogen) atoms. The molecule has 0 spiro atoms. The number of carbonyl (C=O) groups is 1. The SMILES string of the molecule is CC1CCc2cc(F)ccc2N1C(=O)C1(c2cc(-c3cccs3)on2)CC1. The number of carbonyl (C=O) groups excluding carboxylic acids is 1. The van der Waals surface area contributed by atoms with Crippen LogP contribution in [0.4, 0.5) is 10.1 Å². The molecular formula is C21H19FN2O2S. The van der Waals surface area contributed by atoms with Gasteiger partial charge in [0.05, 0.1) is 16.0 Å². The number of aryl methyl sites for hydroxylation is 1. The summed E-state index contributed by atoms with van der Waals surface area (Å²) in [4.78, 5) is 16.4. The van der Waals surface area contributed by atoms with Gasteiger partial charge in [-0.1, -0.05) is 11.2 Å². The third-order valence-electron chi connectivity index (χ3n) is 5.72. The molecule has 1 unspecified atom stereocenters. The van der Waals surface area contributed by atoms with Crippen LogP contribution in [0.15, 0.2) is 46.3 Å². The van der Waals surface area contributed by atoms with E-state index >= 15 is 0 Å². The average Bonchev–Trinajstić information content (AvgIpc) is 3.08. The van der Waals surface area contributed by atoms with Crippen molar-refractivity contribution in [2.24, 2.45) is 0 Å². The Kier molecular flexibility index (Phi) is 3.72. The topological polar surface area (TPSA) is 46.3 Å². The van der Waals surface area contributed by atoms with Crippen molar-refractivity contribution < 1.29 is 13.7 Å². The first kappa shape index (κ1) is 16.7. The Morgan fingerprint density at radius 2 is 2.19 bits per heavy atom. The lowest BCUT2D eigenvalue weighted by Gasteiger charge is -2.37. The number of hydrogen-bond donors (Lipinski definition) is 0. The van der Waals surface area contributed by atoms with Crippen LogP contribution in [0.1, 0.15) is 37.4 Å². The van der Waals surface area contributed by atoms with Crippen LogP contribution in [0.2, 0.25) is 0 Å². The van der Waals surface area contributed by atoms with Gasteiger partial charge in [-0.05, 0) is 67.8 Å². The normalized spacial score (nSPS) is 20.4. The summed E-state index contributed by atoms with van der Waals surface area (Å²) in [5, 5.41) is 6.23.